The van der Waals surface area contributed by atoms with Crippen molar-refractivity contribution in [3.05, 3.63) is 35.9 Å². The predicted octanol–water partition coefficient (Wildman–Crippen LogP) is 2.23. The Morgan fingerprint density at radius 2 is 1.67 bits per heavy atom. The number of halogens is 2. The molecular formula is C20H34Cl2N4O. The Morgan fingerprint density at radius 1 is 1.04 bits per heavy atom. The van der Waals surface area contributed by atoms with Crippen molar-refractivity contribution in [1.29, 1.82) is 0 Å². The lowest BCUT2D eigenvalue weighted by molar-refractivity contribution is -0.135. The number of benzene rings is 1. The first-order valence-electron chi connectivity index (χ1n) is 9.46. The van der Waals surface area contributed by atoms with Gasteiger partial charge in [0.05, 0.1) is 6.54 Å². The van der Waals surface area contributed by atoms with Crippen LogP contribution < -0.4 is 5.73 Å². The molecule has 2 aliphatic heterocycles. The van der Waals surface area contributed by atoms with Gasteiger partial charge in [-0.25, -0.2) is 0 Å². The third kappa shape index (κ3) is 6.61. The summed E-state index contributed by atoms with van der Waals surface area (Å²) in [4.78, 5) is 19.4. The molecule has 2 heterocycles. The maximum Gasteiger partial charge on any atom is 0.236 e. The van der Waals surface area contributed by atoms with Crippen LogP contribution in [0.2, 0.25) is 0 Å². The molecule has 0 bridgehead atoms. The fourth-order valence-electron chi connectivity index (χ4n) is 3.91. The van der Waals surface area contributed by atoms with Crippen molar-refractivity contribution in [3.63, 3.8) is 0 Å². The van der Waals surface area contributed by atoms with Crippen molar-refractivity contribution in [2.75, 3.05) is 45.8 Å². The molecule has 2 N–H and O–H groups in total. The fourth-order valence-corrected chi connectivity index (χ4v) is 3.91. The van der Waals surface area contributed by atoms with Gasteiger partial charge in [0.1, 0.15) is 0 Å². The van der Waals surface area contributed by atoms with E-state index in [-0.39, 0.29) is 42.2 Å². The molecule has 27 heavy (non-hydrogen) atoms. The highest BCUT2D eigenvalue weighted by atomic mass is 35.5. The van der Waals surface area contributed by atoms with E-state index >= 15 is 0 Å². The van der Waals surface area contributed by atoms with Crippen LogP contribution in [-0.2, 0) is 11.3 Å². The molecule has 5 nitrogen and oxygen atoms in total. The molecule has 3 rings (SSSR count). The monoisotopic (exact) mass is 416 g/mol. The Kier molecular flexibility index (Phi) is 9.52. The molecule has 1 unspecified atom stereocenters. The minimum absolute atomic E-state index is 0. The normalized spacial score (nSPS) is 23.2. The number of nitrogens with two attached hydrogens (primary N) is 1. The first-order valence-corrected chi connectivity index (χ1v) is 9.46. The maximum atomic E-state index is 12.7. The number of likely N-dealkylation sites (tertiary alicyclic amines) is 1. The molecule has 154 valence electrons. The van der Waals surface area contributed by atoms with E-state index in [0.29, 0.717) is 6.54 Å². The molecule has 0 radical (unpaired) electrons. The summed E-state index contributed by atoms with van der Waals surface area (Å²) in [5.41, 5.74) is 7.63. The molecule has 2 saturated heterocycles. The van der Waals surface area contributed by atoms with Crippen molar-refractivity contribution in [1.82, 2.24) is 14.7 Å². The van der Waals surface area contributed by atoms with Gasteiger partial charge in [-0.2, -0.15) is 0 Å². The lowest BCUT2D eigenvalue weighted by atomic mass is 9.80. The van der Waals surface area contributed by atoms with Crippen molar-refractivity contribution in [3.8, 4) is 0 Å². The van der Waals surface area contributed by atoms with Gasteiger partial charge in [0.25, 0.3) is 0 Å². The number of amides is 1. The van der Waals surface area contributed by atoms with E-state index in [2.05, 4.69) is 54.0 Å². The Balaban J connectivity index is 0.00000182. The number of carbonyl (C=O) groups is 1. The Morgan fingerprint density at radius 3 is 2.26 bits per heavy atom. The first-order chi connectivity index (χ1) is 11.9. The van der Waals surface area contributed by atoms with Crippen molar-refractivity contribution < 1.29 is 4.79 Å². The van der Waals surface area contributed by atoms with E-state index in [1.54, 1.807) is 0 Å². The van der Waals surface area contributed by atoms with Gasteiger partial charge in [0.15, 0.2) is 0 Å². The lowest BCUT2D eigenvalue weighted by Crippen LogP contribution is -2.56. The van der Waals surface area contributed by atoms with E-state index in [1.807, 2.05) is 4.90 Å². The summed E-state index contributed by atoms with van der Waals surface area (Å²) < 4.78 is 0. The topological polar surface area (TPSA) is 52.8 Å². The largest absolute Gasteiger partial charge is 0.339 e. The van der Waals surface area contributed by atoms with Crippen LogP contribution in [0, 0.1) is 5.41 Å². The van der Waals surface area contributed by atoms with Crippen molar-refractivity contribution >= 4 is 30.7 Å². The van der Waals surface area contributed by atoms with Crippen LogP contribution in [0.4, 0.5) is 0 Å². The Bertz CT molecular complexity index is 577. The lowest BCUT2D eigenvalue weighted by Gasteiger charge is -2.43. The molecule has 1 amide bonds. The molecule has 0 aliphatic carbocycles. The summed E-state index contributed by atoms with van der Waals surface area (Å²) in [5, 5.41) is 0. The zero-order valence-corrected chi connectivity index (χ0v) is 18.1. The number of piperidine rings is 1. The molecule has 2 aliphatic rings. The standard InChI is InChI=1S/C20H32N4O.2ClH/c1-20(2)16-23(9-8-18(20)21)15-19(25)24-12-10-22(11-13-24)14-17-6-4-3-5-7-17;;/h3-7,18H,8-16,21H2,1-2H3;2*1H. The van der Waals surface area contributed by atoms with E-state index in [0.717, 1.165) is 52.2 Å². The summed E-state index contributed by atoms with van der Waals surface area (Å²) in [6, 6.07) is 10.8. The van der Waals surface area contributed by atoms with Gasteiger partial charge in [0, 0.05) is 51.9 Å². The van der Waals surface area contributed by atoms with Gasteiger partial charge in [0.2, 0.25) is 5.91 Å². The van der Waals surface area contributed by atoms with Crippen molar-refractivity contribution in [2.24, 2.45) is 11.1 Å². The Labute approximate surface area is 176 Å². The molecule has 1 aromatic rings. The molecule has 0 spiro atoms. The predicted molar refractivity (Wildman–Crippen MR) is 116 cm³/mol. The average Bonchev–Trinajstić information content (AvgIpc) is 2.59. The summed E-state index contributed by atoms with van der Waals surface area (Å²) >= 11 is 0. The number of hydrogen-bond acceptors (Lipinski definition) is 4. The van der Waals surface area contributed by atoms with Crippen LogP contribution >= 0.6 is 24.8 Å². The van der Waals surface area contributed by atoms with E-state index in [1.165, 1.54) is 5.56 Å². The van der Waals surface area contributed by atoms with Crippen LogP contribution in [0.15, 0.2) is 30.3 Å². The van der Waals surface area contributed by atoms with Crippen LogP contribution in [0.5, 0.6) is 0 Å². The summed E-state index contributed by atoms with van der Waals surface area (Å²) in [6.45, 7) is 11.3. The third-order valence-corrected chi connectivity index (χ3v) is 5.72. The van der Waals surface area contributed by atoms with Gasteiger partial charge in [-0.1, -0.05) is 44.2 Å². The molecular weight excluding hydrogens is 383 g/mol. The zero-order chi connectivity index (χ0) is 17.9. The average molecular weight is 417 g/mol. The highest BCUT2D eigenvalue weighted by molar-refractivity contribution is 5.85. The number of hydrogen-bond donors (Lipinski definition) is 1. The smallest absolute Gasteiger partial charge is 0.236 e. The number of piperazine rings is 1. The van der Waals surface area contributed by atoms with Crippen LogP contribution in [0.3, 0.4) is 0 Å². The summed E-state index contributed by atoms with van der Waals surface area (Å²) in [5.74, 6) is 0.269. The van der Waals surface area contributed by atoms with Crippen molar-refractivity contribution in [2.45, 2.75) is 32.9 Å². The SMILES string of the molecule is CC1(C)CN(CC(=O)N2CCN(Cc3ccccc3)CC2)CCC1N.Cl.Cl. The minimum atomic E-state index is 0. The molecule has 1 atom stereocenters. The molecule has 0 aromatic heterocycles. The van der Waals surface area contributed by atoms with Gasteiger partial charge in [-0.15, -0.1) is 24.8 Å². The third-order valence-electron chi connectivity index (χ3n) is 5.72. The number of nitrogens with zero attached hydrogens (tertiary/aromatic N) is 3. The molecule has 1 aromatic carbocycles. The summed E-state index contributed by atoms with van der Waals surface area (Å²) in [6.07, 6.45) is 0.977. The molecule has 2 fully saturated rings. The first kappa shape index (κ1) is 24.2. The van der Waals surface area contributed by atoms with Crippen LogP contribution in [-0.4, -0.2) is 72.5 Å². The number of rotatable bonds is 4. The van der Waals surface area contributed by atoms with Crippen LogP contribution in [0.1, 0.15) is 25.8 Å². The minimum Gasteiger partial charge on any atom is -0.339 e. The van der Waals surface area contributed by atoms with Gasteiger partial charge >= 0.3 is 0 Å². The Hall–Kier alpha value is -0.850. The maximum absolute atomic E-state index is 12.7. The van der Waals surface area contributed by atoms with E-state index in [4.69, 9.17) is 5.73 Å². The molecule has 7 heteroatoms. The summed E-state index contributed by atoms with van der Waals surface area (Å²) in [7, 11) is 0. The second kappa shape index (κ2) is 10.6. The zero-order valence-electron chi connectivity index (χ0n) is 16.5. The van der Waals surface area contributed by atoms with E-state index < -0.39 is 0 Å². The number of carbonyl (C=O) groups excluding carboxylic acids is 1. The van der Waals surface area contributed by atoms with Gasteiger partial charge < -0.3 is 10.6 Å². The molecule has 0 saturated carbocycles. The second-order valence-corrected chi connectivity index (χ2v) is 8.24. The van der Waals surface area contributed by atoms with Crippen LogP contribution in [0.25, 0.3) is 0 Å². The van der Waals surface area contributed by atoms with E-state index in [9.17, 15) is 4.79 Å². The highest BCUT2D eigenvalue weighted by Gasteiger charge is 2.34. The second-order valence-electron chi connectivity index (χ2n) is 8.24. The van der Waals surface area contributed by atoms with Gasteiger partial charge in [-0.05, 0) is 17.4 Å². The highest BCUT2D eigenvalue weighted by Crippen LogP contribution is 2.27. The quantitative estimate of drug-likeness (QED) is 0.817. The fraction of sp³-hybridized carbons (Fsp3) is 0.650. The van der Waals surface area contributed by atoms with Gasteiger partial charge in [-0.3, -0.25) is 14.6 Å².